The van der Waals surface area contributed by atoms with E-state index in [0.717, 1.165) is 22.7 Å². The monoisotopic (exact) mass is 755 g/mol. The Hall–Kier alpha value is -2.86. The van der Waals surface area contributed by atoms with Gasteiger partial charge in [0.1, 0.15) is 0 Å². The van der Waals surface area contributed by atoms with E-state index >= 15 is 0 Å². The van der Waals surface area contributed by atoms with Crippen LogP contribution in [0.3, 0.4) is 0 Å². The second-order valence-corrected chi connectivity index (χ2v) is 9.00. The minimum atomic E-state index is 0. The van der Waals surface area contributed by atoms with E-state index in [-0.39, 0.29) is 22.4 Å². The predicted molar refractivity (Wildman–Crippen MR) is 149 cm³/mol. The molecule has 37 heavy (non-hydrogen) atoms. The van der Waals surface area contributed by atoms with Crippen molar-refractivity contribution in [1.29, 1.82) is 0 Å². The van der Waals surface area contributed by atoms with Crippen LogP contribution in [0.2, 0.25) is 0 Å². The van der Waals surface area contributed by atoms with Crippen LogP contribution in [0.25, 0.3) is 11.4 Å². The van der Waals surface area contributed by atoms with Crippen LogP contribution in [-0.2, 0) is 47.6 Å². The Balaban J connectivity index is 0.000000253. The van der Waals surface area contributed by atoms with Gasteiger partial charge in [0, 0.05) is 72.3 Å². The zero-order chi connectivity index (χ0) is 26.2. The topological polar surface area (TPSA) is 118 Å². The van der Waals surface area contributed by atoms with Gasteiger partial charge >= 0.3 is 0 Å². The molecule has 4 rings (SSSR count). The molecular weight excluding hydrogens is 734 g/mol. The first-order chi connectivity index (χ1) is 17.2. The van der Waals surface area contributed by atoms with Gasteiger partial charge in [-0.1, -0.05) is 12.1 Å². The molecule has 0 fully saturated rings. The molecule has 0 amide bonds. The van der Waals surface area contributed by atoms with Gasteiger partial charge in [0.05, 0.1) is 11.4 Å². The van der Waals surface area contributed by atoms with Gasteiger partial charge in [-0.2, -0.15) is 0 Å². The van der Waals surface area contributed by atoms with Gasteiger partial charge in [-0.25, -0.2) is 9.36 Å². The SMILES string of the molecule is CN(C)C(=S)Nc1cccc(-n2nnnc2[S-])c1.CN(C)C(=S)Nc1cccc(-n2nnnc2[S-])c1.[Au]. The van der Waals surface area contributed by atoms with Crippen LogP contribution < -0.4 is 10.6 Å². The third-order valence-corrected chi connectivity index (χ3v) is 5.82. The molecule has 0 aliphatic carbocycles. The number of nitrogens with zero attached hydrogens (tertiary/aromatic N) is 10. The molecule has 4 aromatic rings. The maximum absolute atomic E-state index is 5.18. The molecule has 1 radical (unpaired) electrons. The summed E-state index contributed by atoms with van der Waals surface area (Å²) < 4.78 is 2.97. The molecule has 0 aliphatic rings. The molecule has 12 nitrogen and oxygen atoms in total. The van der Waals surface area contributed by atoms with Crippen LogP contribution in [0, 0.1) is 0 Å². The van der Waals surface area contributed by atoms with E-state index in [4.69, 9.17) is 49.7 Å². The molecular formula is C20H22AuN12S4-2. The molecule has 0 aliphatic heterocycles. The number of hydrogen-bond acceptors (Lipinski definition) is 10. The molecule has 0 saturated heterocycles. The molecule has 0 spiro atoms. The van der Waals surface area contributed by atoms with Crippen molar-refractivity contribution in [3.8, 4) is 11.4 Å². The summed E-state index contributed by atoms with van der Waals surface area (Å²) in [5, 5.41) is 30.1. The van der Waals surface area contributed by atoms with Crippen molar-refractivity contribution < 1.29 is 22.4 Å². The standard InChI is InChI=1S/2C10H12N6S2.Au/c2*1-15(2)9(17)11-7-4-3-5-8(6-7)16-10(18)12-13-14-16;/h2*3-6H,1-2H3,(H,11,17)(H,12,14,18);/p-2. The van der Waals surface area contributed by atoms with Crippen LogP contribution in [0.1, 0.15) is 0 Å². The number of rotatable bonds is 4. The van der Waals surface area contributed by atoms with Crippen molar-refractivity contribution in [2.45, 2.75) is 10.3 Å². The fraction of sp³-hybridized carbons (Fsp3) is 0.200. The van der Waals surface area contributed by atoms with Crippen molar-refractivity contribution in [3.63, 3.8) is 0 Å². The van der Waals surface area contributed by atoms with Crippen LogP contribution >= 0.6 is 24.4 Å². The van der Waals surface area contributed by atoms with E-state index in [1.54, 1.807) is 0 Å². The van der Waals surface area contributed by atoms with Crippen LogP contribution in [0.15, 0.2) is 58.8 Å². The van der Waals surface area contributed by atoms with Gasteiger partial charge in [0.2, 0.25) is 0 Å². The van der Waals surface area contributed by atoms with E-state index < -0.39 is 0 Å². The first kappa shape index (κ1) is 30.4. The Morgan fingerprint density at radius 3 is 1.41 bits per heavy atom. The van der Waals surface area contributed by atoms with Gasteiger partial charge in [-0.3, -0.25) is 0 Å². The molecule has 2 aromatic heterocycles. The molecule has 2 aromatic carbocycles. The van der Waals surface area contributed by atoms with Crippen LogP contribution in [0.5, 0.6) is 0 Å². The third kappa shape index (κ3) is 8.60. The largest absolute Gasteiger partial charge is 0.738 e. The van der Waals surface area contributed by atoms with Crippen molar-refractivity contribution in [2.24, 2.45) is 0 Å². The minimum absolute atomic E-state index is 0. The van der Waals surface area contributed by atoms with Crippen molar-refractivity contribution in [1.82, 2.24) is 50.2 Å². The molecule has 199 valence electrons. The minimum Gasteiger partial charge on any atom is -0.738 e. The Morgan fingerprint density at radius 2 is 1.11 bits per heavy atom. The number of aromatic nitrogens is 8. The Morgan fingerprint density at radius 1 is 0.730 bits per heavy atom. The van der Waals surface area contributed by atoms with Gasteiger partial charge in [-0.15, -0.1) is 10.2 Å². The van der Waals surface area contributed by atoms with E-state index in [2.05, 4.69) is 41.7 Å². The Kier molecular flexibility index (Phi) is 11.6. The van der Waals surface area contributed by atoms with Gasteiger partial charge in [-0.05, 0) is 81.7 Å². The quantitative estimate of drug-likeness (QED) is 0.179. The first-order valence-electron chi connectivity index (χ1n) is 10.2. The molecule has 17 heteroatoms. The average Bonchev–Trinajstić information content (AvgIpc) is 3.47. The van der Waals surface area contributed by atoms with E-state index in [0.29, 0.717) is 20.5 Å². The summed E-state index contributed by atoms with van der Waals surface area (Å²) >= 11 is 20.4. The molecule has 0 unspecified atom stereocenters. The molecule has 0 bridgehead atoms. The van der Waals surface area contributed by atoms with Crippen molar-refractivity contribution in [3.05, 3.63) is 48.5 Å². The maximum Gasteiger partial charge on any atom is 0.172 e. The van der Waals surface area contributed by atoms with E-state index in [1.807, 2.05) is 86.5 Å². The second-order valence-electron chi connectivity index (χ2n) is 7.50. The maximum atomic E-state index is 5.18. The van der Waals surface area contributed by atoms with Gasteiger partial charge in [0.25, 0.3) is 0 Å². The zero-order valence-electron chi connectivity index (χ0n) is 20.0. The van der Waals surface area contributed by atoms with Gasteiger partial charge < -0.3 is 45.7 Å². The Bertz CT molecular complexity index is 1240. The molecule has 2 N–H and O–H groups in total. The van der Waals surface area contributed by atoms with Crippen molar-refractivity contribution >= 4 is 71.3 Å². The van der Waals surface area contributed by atoms with Crippen molar-refractivity contribution in [2.75, 3.05) is 38.8 Å². The summed E-state index contributed by atoms with van der Waals surface area (Å²) in [7, 11) is 7.51. The third-order valence-electron chi connectivity index (χ3n) is 4.38. The van der Waals surface area contributed by atoms with E-state index in [9.17, 15) is 0 Å². The van der Waals surface area contributed by atoms with Gasteiger partial charge in [0.15, 0.2) is 10.2 Å². The molecule has 0 atom stereocenters. The summed E-state index contributed by atoms with van der Waals surface area (Å²) in [6.45, 7) is 0. The second kappa shape index (κ2) is 14.2. The number of thiocarbonyl (C=S) groups is 2. The summed E-state index contributed by atoms with van der Waals surface area (Å²) in [6, 6.07) is 15.1. The number of tetrazole rings is 2. The summed E-state index contributed by atoms with van der Waals surface area (Å²) in [6.07, 6.45) is 0. The fourth-order valence-corrected chi connectivity index (χ4v) is 3.18. The fourth-order valence-electron chi connectivity index (χ4n) is 2.58. The summed E-state index contributed by atoms with van der Waals surface area (Å²) in [4.78, 5) is 3.63. The van der Waals surface area contributed by atoms with E-state index in [1.165, 1.54) is 9.36 Å². The molecule has 0 saturated carbocycles. The smallest absolute Gasteiger partial charge is 0.172 e. The predicted octanol–water partition coefficient (Wildman–Crippen LogP) is 1.65. The number of benzene rings is 2. The Labute approximate surface area is 251 Å². The number of anilines is 2. The average molecular weight is 756 g/mol. The zero-order valence-corrected chi connectivity index (χ0v) is 25.5. The van der Waals surface area contributed by atoms with Crippen LogP contribution in [0.4, 0.5) is 11.4 Å². The summed E-state index contributed by atoms with van der Waals surface area (Å²) in [5.74, 6) is 0. The first-order valence-corrected chi connectivity index (χ1v) is 11.9. The number of hydrogen-bond donors (Lipinski definition) is 2. The molecule has 2 heterocycles. The number of nitrogens with one attached hydrogen (secondary N) is 2. The summed E-state index contributed by atoms with van der Waals surface area (Å²) in [5.41, 5.74) is 3.29. The normalized spacial score (nSPS) is 9.84. The van der Waals surface area contributed by atoms with Crippen LogP contribution in [-0.4, -0.2) is 88.6 Å².